The molecule has 0 amide bonds. The van der Waals surface area contributed by atoms with Crippen molar-refractivity contribution in [3.63, 3.8) is 0 Å². The van der Waals surface area contributed by atoms with Gasteiger partial charge in [0.05, 0.1) is 15.4 Å². The number of thiophene rings is 1. The van der Waals surface area contributed by atoms with E-state index in [2.05, 4.69) is 37.2 Å². The fourth-order valence-corrected chi connectivity index (χ4v) is 4.12. The van der Waals surface area contributed by atoms with Gasteiger partial charge in [0, 0.05) is 14.9 Å². The zero-order valence-corrected chi connectivity index (χ0v) is 14.6. The highest BCUT2D eigenvalue weighted by Gasteiger charge is 2.32. The van der Waals surface area contributed by atoms with Crippen LogP contribution in [0.3, 0.4) is 0 Å². The van der Waals surface area contributed by atoms with Gasteiger partial charge in [0.2, 0.25) is 0 Å². The van der Waals surface area contributed by atoms with Crippen molar-refractivity contribution in [1.29, 1.82) is 0 Å². The van der Waals surface area contributed by atoms with Crippen LogP contribution in [0.25, 0.3) is 0 Å². The average molecular weight is 447 g/mol. The van der Waals surface area contributed by atoms with Crippen molar-refractivity contribution in [3.8, 4) is 0 Å². The molecular weight excluding hydrogens is 438 g/mol. The van der Waals surface area contributed by atoms with Gasteiger partial charge < -0.3 is 5.32 Å². The van der Waals surface area contributed by atoms with Crippen LogP contribution in [-0.2, 0) is 6.18 Å². The molecule has 0 spiro atoms. The van der Waals surface area contributed by atoms with Crippen LogP contribution in [-0.4, -0.2) is 7.05 Å². The molecule has 2 rings (SSSR count). The van der Waals surface area contributed by atoms with Gasteiger partial charge in [-0.05, 0) is 63.2 Å². The van der Waals surface area contributed by atoms with Crippen LogP contribution in [0.15, 0.2) is 32.5 Å². The summed E-state index contributed by atoms with van der Waals surface area (Å²) in [5, 5.41) is 2.86. The van der Waals surface area contributed by atoms with Crippen molar-refractivity contribution in [2.24, 2.45) is 0 Å². The largest absolute Gasteiger partial charge is 0.416 e. The molecule has 0 aliphatic rings. The molecule has 0 saturated heterocycles. The molecular formula is C13H9Br2F4NS. The van der Waals surface area contributed by atoms with Gasteiger partial charge in [-0.15, -0.1) is 11.3 Å². The van der Waals surface area contributed by atoms with E-state index in [1.54, 1.807) is 13.1 Å². The Morgan fingerprint density at radius 2 is 1.86 bits per heavy atom. The molecule has 114 valence electrons. The normalized spacial score (nSPS) is 13.5. The Morgan fingerprint density at radius 3 is 2.33 bits per heavy atom. The smallest absolute Gasteiger partial charge is 0.309 e. The maximum absolute atomic E-state index is 14.0. The lowest BCUT2D eigenvalue weighted by Crippen LogP contribution is -2.19. The molecule has 0 aliphatic heterocycles. The third kappa shape index (κ3) is 3.67. The lowest BCUT2D eigenvalue weighted by Gasteiger charge is -2.17. The van der Waals surface area contributed by atoms with Gasteiger partial charge in [-0.25, -0.2) is 4.39 Å². The summed E-state index contributed by atoms with van der Waals surface area (Å²) in [6.07, 6.45) is -4.50. The summed E-state index contributed by atoms with van der Waals surface area (Å²) in [6, 6.07) is 3.53. The molecule has 0 radical (unpaired) electrons. The second-order valence-electron chi connectivity index (χ2n) is 4.23. The Kier molecular flexibility index (Phi) is 5.12. The van der Waals surface area contributed by atoms with Crippen molar-refractivity contribution < 1.29 is 17.6 Å². The summed E-state index contributed by atoms with van der Waals surface area (Å²) in [4.78, 5) is 0.703. The van der Waals surface area contributed by atoms with Crippen molar-refractivity contribution in [2.45, 2.75) is 12.2 Å². The van der Waals surface area contributed by atoms with Gasteiger partial charge in [0.25, 0.3) is 0 Å². The summed E-state index contributed by atoms with van der Waals surface area (Å²) >= 11 is 7.96. The molecule has 1 N–H and O–H groups in total. The Labute approximate surface area is 139 Å². The van der Waals surface area contributed by atoms with E-state index in [4.69, 9.17) is 0 Å². The van der Waals surface area contributed by atoms with Crippen molar-refractivity contribution in [1.82, 2.24) is 5.32 Å². The predicted molar refractivity (Wildman–Crippen MR) is 82.0 cm³/mol. The van der Waals surface area contributed by atoms with Crippen LogP contribution >= 0.6 is 43.2 Å². The van der Waals surface area contributed by atoms with Crippen LogP contribution in [0.5, 0.6) is 0 Å². The van der Waals surface area contributed by atoms with Gasteiger partial charge in [-0.2, -0.15) is 13.2 Å². The molecule has 0 saturated carbocycles. The topological polar surface area (TPSA) is 12.0 Å². The first-order chi connectivity index (χ1) is 9.74. The van der Waals surface area contributed by atoms with E-state index in [1.165, 1.54) is 11.3 Å². The van der Waals surface area contributed by atoms with Gasteiger partial charge in [0.1, 0.15) is 5.82 Å². The number of hydrogen-bond donors (Lipinski definition) is 1. The highest BCUT2D eigenvalue weighted by atomic mass is 79.9. The summed E-state index contributed by atoms with van der Waals surface area (Å²) in [5.41, 5.74) is -0.901. The number of alkyl halides is 3. The van der Waals surface area contributed by atoms with Crippen LogP contribution in [0.4, 0.5) is 17.6 Å². The zero-order valence-electron chi connectivity index (χ0n) is 10.6. The van der Waals surface area contributed by atoms with E-state index < -0.39 is 23.6 Å². The maximum atomic E-state index is 14.0. The molecule has 1 aromatic heterocycles. The van der Waals surface area contributed by atoms with Gasteiger partial charge in [-0.1, -0.05) is 0 Å². The first-order valence-corrected chi connectivity index (χ1v) is 8.13. The van der Waals surface area contributed by atoms with Crippen LogP contribution in [0.2, 0.25) is 0 Å². The van der Waals surface area contributed by atoms with Crippen molar-refractivity contribution in [3.05, 3.63) is 54.3 Å². The molecule has 1 aromatic carbocycles. The Morgan fingerprint density at radius 1 is 1.19 bits per heavy atom. The molecule has 1 heterocycles. The molecule has 8 heteroatoms. The summed E-state index contributed by atoms with van der Waals surface area (Å²) in [7, 11) is 1.58. The zero-order chi connectivity index (χ0) is 15.8. The maximum Gasteiger partial charge on any atom is 0.416 e. The second kappa shape index (κ2) is 6.36. The van der Waals surface area contributed by atoms with E-state index >= 15 is 0 Å². The Bertz CT molecular complexity index is 635. The molecule has 0 bridgehead atoms. The van der Waals surface area contributed by atoms with E-state index in [0.717, 1.165) is 26.5 Å². The van der Waals surface area contributed by atoms with Crippen LogP contribution in [0.1, 0.15) is 22.0 Å². The number of benzene rings is 1. The van der Waals surface area contributed by atoms with E-state index in [-0.39, 0.29) is 5.56 Å². The molecule has 2 aromatic rings. The lowest BCUT2D eigenvalue weighted by atomic mass is 10.0. The summed E-state index contributed by atoms with van der Waals surface area (Å²) in [5.74, 6) is -0.678. The first kappa shape index (κ1) is 16.9. The number of halogens is 6. The van der Waals surface area contributed by atoms with Gasteiger partial charge in [0.15, 0.2) is 0 Å². The van der Waals surface area contributed by atoms with Gasteiger partial charge in [-0.3, -0.25) is 0 Å². The minimum Gasteiger partial charge on any atom is -0.309 e. The first-order valence-electron chi connectivity index (χ1n) is 5.72. The van der Waals surface area contributed by atoms with Crippen LogP contribution in [0, 0.1) is 5.82 Å². The fourth-order valence-electron chi connectivity index (χ4n) is 1.90. The Hall–Kier alpha value is -0.440. The number of nitrogens with one attached hydrogen (secondary N) is 1. The third-order valence-electron chi connectivity index (χ3n) is 2.87. The average Bonchev–Trinajstić information content (AvgIpc) is 2.71. The second-order valence-corrected chi connectivity index (χ2v) is 7.48. The minimum absolute atomic E-state index is 0.0337. The van der Waals surface area contributed by atoms with Crippen LogP contribution < -0.4 is 5.32 Å². The molecule has 1 nitrogen and oxygen atoms in total. The Balaban J connectivity index is 2.51. The molecule has 1 atom stereocenters. The number of hydrogen-bond acceptors (Lipinski definition) is 2. The fraction of sp³-hybridized carbons (Fsp3) is 0.231. The van der Waals surface area contributed by atoms with Gasteiger partial charge >= 0.3 is 6.18 Å². The monoisotopic (exact) mass is 445 g/mol. The van der Waals surface area contributed by atoms with E-state index in [9.17, 15) is 17.6 Å². The quantitative estimate of drug-likeness (QED) is 0.593. The predicted octanol–water partition coefficient (Wildman–Crippen LogP) is 5.74. The molecule has 1 unspecified atom stereocenters. The standard InChI is InChI=1S/C13H9Br2F4NS/c1-20-11(10-5-8(14)12(15)21-10)7-4-6(13(17,18)19)2-3-9(7)16/h2-5,11,20H,1H3. The SMILES string of the molecule is CNC(c1cc(Br)c(Br)s1)c1cc(C(F)(F)F)ccc1F. The lowest BCUT2D eigenvalue weighted by molar-refractivity contribution is -0.137. The summed E-state index contributed by atoms with van der Waals surface area (Å²) in [6.45, 7) is 0. The van der Waals surface area contributed by atoms with Crippen molar-refractivity contribution in [2.75, 3.05) is 7.05 Å². The molecule has 0 aliphatic carbocycles. The molecule has 21 heavy (non-hydrogen) atoms. The van der Waals surface area contributed by atoms with E-state index in [0.29, 0.717) is 4.88 Å². The summed E-state index contributed by atoms with van der Waals surface area (Å²) < 4.78 is 53.9. The molecule has 0 fully saturated rings. The van der Waals surface area contributed by atoms with Crippen molar-refractivity contribution >= 4 is 43.2 Å². The number of rotatable bonds is 3. The highest BCUT2D eigenvalue weighted by Crippen LogP contribution is 2.39. The highest BCUT2D eigenvalue weighted by molar-refractivity contribution is 9.13. The van der Waals surface area contributed by atoms with E-state index in [1.807, 2.05) is 0 Å². The minimum atomic E-state index is -4.50. The third-order valence-corrected chi connectivity index (χ3v) is 6.19.